The highest BCUT2D eigenvalue weighted by atomic mass is 32.2. The number of benzene rings is 1. The van der Waals surface area contributed by atoms with Crippen LogP contribution in [-0.4, -0.2) is 25.0 Å². The molecule has 2 unspecified atom stereocenters. The molecule has 1 fully saturated rings. The van der Waals surface area contributed by atoms with Crippen LogP contribution in [0.2, 0.25) is 0 Å². The Morgan fingerprint density at radius 2 is 1.80 bits per heavy atom. The SMILES string of the molecule is CS(=O)(=O)C1CCCC1(O)c1ccc(C(F)(F)F)cc1. The van der Waals surface area contributed by atoms with E-state index >= 15 is 0 Å². The van der Waals surface area contributed by atoms with Crippen LogP contribution < -0.4 is 0 Å². The first-order chi connectivity index (χ1) is 9.05. The maximum atomic E-state index is 12.5. The van der Waals surface area contributed by atoms with Crippen LogP contribution in [0, 0.1) is 0 Å². The quantitative estimate of drug-likeness (QED) is 0.913. The normalized spacial score (nSPS) is 27.8. The molecule has 0 aromatic heterocycles. The summed E-state index contributed by atoms with van der Waals surface area (Å²) in [4.78, 5) is 0. The van der Waals surface area contributed by atoms with Gasteiger partial charge in [0.2, 0.25) is 0 Å². The topological polar surface area (TPSA) is 54.4 Å². The predicted molar refractivity (Wildman–Crippen MR) is 67.8 cm³/mol. The number of hydrogen-bond donors (Lipinski definition) is 1. The molecule has 0 radical (unpaired) electrons. The minimum atomic E-state index is -4.45. The van der Waals surface area contributed by atoms with Crippen molar-refractivity contribution in [3.8, 4) is 0 Å². The summed E-state index contributed by atoms with van der Waals surface area (Å²) >= 11 is 0. The van der Waals surface area contributed by atoms with E-state index in [4.69, 9.17) is 0 Å². The summed E-state index contributed by atoms with van der Waals surface area (Å²) in [6.45, 7) is 0. The summed E-state index contributed by atoms with van der Waals surface area (Å²) in [6.07, 6.45) is -2.34. The van der Waals surface area contributed by atoms with E-state index < -0.39 is 32.4 Å². The van der Waals surface area contributed by atoms with E-state index in [0.717, 1.165) is 30.5 Å². The third-order valence-electron chi connectivity index (χ3n) is 3.79. The van der Waals surface area contributed by atoms with Crippen molar-refractivity contribution in [1.29, 1.82) is 0 Å². The first-order valence-corrected chi connectivity index (χ1v) is 8.09. The molecule has 0 amide bonds. The Morgan fingerprint density at radius 1 is 1.25 bits per heavy atom. The highest BCUT2D eigenvalue weighted by Gasteiger charge is 2.48. The molecule has 20 heavy (non-hydrogen) atoms. The van der Waals surface area contributed by atoms with Crippen LogP contribution in [-0.2, 0) is 21.6 Å². The van der Waals surface area contributed by atoms with Crippen LogP contribution in [0.5, 0.6) is 0 Å². The van der Waals surface area contributed by atoms with Gasteiger partial charge in [-0.3, -0.25) is 0 Å². The Balaban J connectivity index is 2.40. The summed E-state index contributed by atoms with van der Waals surface area (Å²) in [5, 5.41) is 9.63. The van der Waals surface area contributed by atoms with Gasteiger partial charge in [-0.25, -0.2) is 8.42 Å². The van der Waals surface area contributed by atoms with E-state index in [0.29, 0.717) is 12.8 Å². The predicted octanol–water partition coefficient (Wildman–Crippen LogP) is 2.49. The monoisotopic (exact) mass is 308 g/mol. The highest BCUT2D eigenvalue weighted by molar-refractivity contribution is 7.91. The van der Waals surface area contributed by atoms with Crippen LogP contribution in [0.4, 0.5) is 13.2 Å². The molecule has 0 bridgehead atoms. The molecule has 7 heteroatoms. The zero-order valence-electron chi connectivity index (χ0n) is 10.8. The van der Waals surface area contributed by atoms with Gasteiger partial charge >= 0.3 is 6.18 Å². The molecule has 1 aliphatic rings. The summed E-state index contributed by atoms with van der Waals surface area (Å²) in [5.74, 6) is 0. The summed E-state index contributed by atoms with van der Waals surface area (Å²) in [6, 6.07) is 4.05. The first kappa shape index (κ1) is 15.3. The molecular formula is C13H15F3O3S. The summed E-state index contributed by atoms with van der Waals surface area (Å²) in [7, 11) is -3.47. The molecule has 0 spiro atoms. The lowest BCUT2D eigenvalue weighted by molar-refractivity contribution is -0.137. The van der Waals surface area contributed by atoms with Crippen LogP contribution in [0.15, 0.2) is 24.3 Å². The molecule has 112 valence electrons. The van der Waals surface area contributed by atoms with E-state index in [1.807, 2.05) is 0 Å². The van der Waals surface area contributed by atoms with Gasteiger partial charge in [-0.15, -0.1) is 0 Å². The molecule has 1 aliphatic carbocycles. The molecule has 1 N–H and O–H groups in total. The van der Waals surface area contributed by atoms with Crippen LogP contribution >= 0.6 is 0 Å². The average Bonchev–Trinajstić information content (AvgIpc) is 2.71. The van der Waals surface area contributed by atoms with E-state index in [1.165, 1.54) is 0 Å². The van der Waals surface area contributed by atoms with Crippen molar-refractivity contribution in [3.05, 3.63) is 35.4 Å². The molecule has 1 aromatic rings. The van der Waals surface area contributed by atoms with Crippen LogP contribution in [0.1, 0.15) is 30.4 Å². The largest absolute Gasteiger partial charge is 0.416 e. The van der Waals surface area contributed by atoms with Gasteiger partial charge in [-0.2, -0.15) is 13.2 Å². The zero-order valence-corrected chi connectivity index (χ0v) is 11.6. The highest BCUT2D eigenvalue weighted by Crippen LogP contribution is 2.43. The van der Waals surface area contributed by atoms with E-state index in [1.54, 1.807) is 0 Å². The van der Waals surface area contributed by atoms with Crippen molar-refractivity contribution in [2.24, 2.45) is 0 Å². The number of alkyl halides is 3. The molecule has 0 saturated heterocycles. The van der Waals surface area contributed by atoms with Gasteiger partial charge in [0.05, 0.1) is 10.8 Å². The van der Waals surface area contributed by atoms with Crippen LogP contribution in [0.3, 0.4) is 0 Å². The van der Waals surface area contributed by atoms with Gasteiger partial charge in [0.15, 0.2) is 9.84 Å². The van der Waals surface area contributed by atoms with E-state index in [2.05, 4.69) is 0 Å². The Hall–Kier alpha value is -1.08. The first-order valence-electron chi connectivity index (χ1n) is 6.14. The number of halogens is 3. The lowest BCUT2D eigenvalue weighted by Crippen LogP contribution is -2.39. The van der Waals surface area contributed by atoms with Gasteiger partial charge in [-0.05, 0) is 37.0 Å². The lowest BCUT2D eigenvalue weighted by atomic mass is 9.91. The zero-order chi connectivity index (χ0) is 15.2. The fourth-order valence-corrected chi connectivity index (χ4v) is 4.36. The maximum Gasteiger partial charge on any atom is 0.416 e. The fraction of sp³-hybridized carbons (Fsp3) is 0.538. The van der Waals surface area contributed by atoms with Crippen molar-refractivity contribution in [3.63, 3.8) is 0 Å². The molecule has 0 heterocycles. The molecular weight excluding hydrogens is 293 g/mol. The van der Waals surface area contributed by atoms with Gasteiger partial charge in [0, 0.05) is 6.26 Å². The van der Waals surface area contributed by atoms with E-state index in [9.17, 15) is 26.7 Å². The molecule has 2 atom stereocenters. The standard InChI is InChI=1S/C13H15F3O3S/c1-20(18,19)11-3-2-8-12(11,17)9-4-6-10(7-5-9)13(14,15)16/h4-7,11,17H,2-3,8H2,1H3. The lowest BCUT2D eigenvalue weighted by Gasteiger charge is -2.29. The smallest absolute Gasteiger partial charge is 0.384 e. The molecule has 1 aromatic carbocycles. The van der Waals surface area contributed by atoms with Gasteiger partial charge in [0.25, 0.3) is 0 Å². The number of rotatable bonds is 2. The molecule has 3 nitrogen and oxygen atoms in total. The second-order valence-electron chi connectivity index (χ2n) is 5.21. The molecule has 0 aliphatic heterocycles. The molecule has 1 saturated carbocycles. The van der Waals surface area contributed by atoms with Crippen molar-refractivity contribution in [2.75, 3.05) is 6.26 Å². The van der Waals surface area contributed by atoms with Crippen molar-refractivity contribution < 1.29 is 26.7 Å². The van der Waals surface area contributed by atoms with Crippen molar-refractivity contribution in [1.82, 2.24) is 0 Å². The minimum absolute atomic E-state index is 0.221. The second kappa shape index (κ2) is 4.73. The van der Waals surface area contributed by atoms with Crippen molar-refractivity contribution in [2.45, 2.75) is 36.3 Å². The van der Waals surface area contributed by atoms with Crippen LogP contribution in [0.25, 0.3) is 0 Å². The third kappa shape index (κ3) is 2.69. The fourth-order valence-electron chi connectivity index (χ4n) is 2.80. The van der Waals surface area contributed by atoms with Gasteiger partial charge in [-0.1, -0.05) is 12.1 Å². The second-order valence-corrected chi connectivity index (χ2v) is 7.44. The number of aliphatic hydroxyl groups is 1. The Labute approximate surface area is 115 Å². The minimum Gasteiger partial charge on any atom is -0.384 e. The van der Waals surface area contributed by atoms with E-state index in [-0.39, 0.29) is 12.0 Å². The van der Waals surface area contributed by atoms with Gasteiger partial charge in [0.1, 0.15) is 5.60 Å². The summed E-state index contributed by atoms with van der Waals surface area (Å²) < 4.78 is 60.9. The summed E-state index contributed by atoms with van der Waals surface area (Å²) in [5.41, 5.74) is -2.20. The Kier molecular flexibility index (Phi) is 3.62. The maximum absolute atomic E-state index is 12.5. The Morgan fingerprint density at radius 3 is 2.25 bits per heavy atom. The Bertz CT molecular complexity index is 592. The third-order valence-corrected chi connectivity index (χ3v) is 5.45. The molecule has 2 rings (SSSR count). The van der Waals surface area contributed by atoms with Crippen molar-refractivity contribution >= 4 is 9.84 Å². The average molecular weight is 308 g/mol. The number of hydrogen-bond acceptors (Lipinski definition) is 3. The number of sulfone groups is 1. The van der Waals surface area contributed by atoms with Gasteiger partial charge < -0.3 is 5.11 Å².